The van der Waals surface area contributed by atoms with Crippen LogP contribution >= 0.6 is 27.3 Å². The summed E-state index contributed by atoms with van der Waals surface area (Å²) in [6.07, 6.45) is 5.96. The number of halogens is 1. The average Bonchev–Trinajstić information content (AvgIpc) is 2.83. The van der Waals surface area contributed by atoms with E-state index in [0.717, 1.165) is 6.42 Å². The molecule has 0 radical (unpaired) electrons. The van der Waals surface area contributed by atoms with Gasteiger partial charge in [-0.2, -0.15) is 0 Å². The number of fused-ring (bicyclic) bond motifs is 1. The third-order valence-electron chi connectivity index (χ3n) is 4.23. The second kappa shape index (κ2) is 5.63. The Balaban J connectivity index is 1.89. The molecule has 0 fully saturated rings. The molecule has 1 aliphatic rings. The number of benzene rings is 1. The van der Waals surface area contributed by atoms with Crippen LogP contribution in [0.5, 0.6) is 0 Å². The third kappa shape index (κ3) is 2.85. The highest BCUT2D eigenvalue weighted by Crippen LogP contribution is 2.32. The highest BCUT2D eigenvalue weighted by atomic mass is 79.9. The van der Waals surface area contributed by atoms with Gasteiger partial charge < -0.3 is 5.73 Å². The fraction of sp³-hybridized carbons (Fsp3) is 0.412. The normalized spacial score (nSPS) is 17.6. The van der Waals surface area contributed by atoms with Crippen LogP contribution in [-0.4, -0.2) is 0 Å². The molecule has 3 heteroatoms. The second-order valence-corrected chi connectivity index (χ2v) is 7.83. The van der Waals surface area contributed by atoms with Gasteiger partial charge >= 0.3 is 0 Å². The molecule has 1 aliphatic carbocycles. The van der Waals surface area contributed by atoms with E-state index < -0.39 is 0 Å². The minimum absolute atomic E-state index is 0.306. The lowest BCUT2D eigenvalue weighted by Gasteiger charge is -2.27. The van der Waals surface area contributed by atoms with Crippen molar-refractivity contribution >= 4 is 27.3 Å². The summed E-state index contributed by atoms with van der Waals surface area (Å²) in [5.74, 6) is 0. The molecule has 1 heterocycles. The van der Waals surface area contributed by atoms with Crippen molar-refractivity contribution in [1.29, 1.82) is 0 Å². The Hall–Kier alpha value is -0.640. The highest BCUT2D eigenvalue weighted by Gasteiger charge is 2.24. The molecular formula is C17H20BrNS. The molecule has 1 unspecified atom stereocenters. The Labute approximate surface area is 133 Å². The highest BCUT2D eigenvalue weighted by molar-refractivity contribution is 9.10. The Kier molecular flexibility index (Phi) is 4.02. The summed E-state index contributed by atoms with van der Waals surface area (Å²) in [5.41, 5.74) is 10.6. The van der Waals surface area contributed by atoms with Gasteiger partial charge in [0.25, 0.3) is 0 Å². The fourth-order valence-corrected chi connectivity index (χ4v) is 4.64. The first kappa shape index (κ1) is 14.3. The number of hydrogen-bond donors (Lipinski definition) is 1. The van der Waals surface area contributed by atoms with Gasteiger partial charge in [0.1, 0.15) is 0 Å². The van der Waals surface area contributed by atoms with Gasteiger partial charge in [-0.1, -0.05) is 18.2 Å². The summed E-state index contributed by atoms with van der Waals surface area (Å²) in [6.45, 7) is 2.14. The number of rotatable bonds is 3. The quantitative estimate of drug-likeness (QED) is 0.845. The third-order valence-corrected chi connectivity index (χ3v) is 6.15. The summed E-state index contributed by atoms with van der Waals surface area (Å²) >= 11 is 5.38. The SMILES string of the molecule is CC(N)(Cc1sccc1Br)c1ccc2c(c1)CCCC2. The molecule has 20 heavy (non-hydrogen) atoms. The zero-order chi connectivity index (χ0) is 14.2. The van der Waals surface area contributed by atoms with E-state index in [2.05, 4.69) is 52.5 Å². The Morgan fingerprint density at radius 3 is 2.65 bits per heavy atom. The van der Waals surface area contributed by atoms with Crippen LogP contribution in [0, 0.1) is 0 Å². The summed E-state index contributed by atoms with van der Waals surface area (Å²) in [6, 6.07) is 8.96. The molecule has 0 amide bonds. The van der Waals surface area contributed by atoms with Gasteiger partial charge in [0.2, 0.25) is 0 Å². The zero-order valence-corrected chi connectivity index (χ0v) is 14.2. The summed E-state index contributed by atoms with van der Waals surface area (Å²) < 4.78 is 1.18. The standard InChI is InChI=1S/C17H20BrNS/c1-17(19,11-16-15(18)8-9-20-16)14-7-6-12-4-2-3-5-13(12)10-14/h6-10H,2-5,11,19H2,1H3. The maximum absolute atomic E-state index is 6.62. The van der Waals surface area contributed by atoms with Crippen molar-refractivity contribution in [3.63, 3.8) is 0 Å². The van der Waals surface area contributed by atoms with Crippen LogP contribution in [0.4, 0.5) is 0 Å². The van der Waals surface area contributed by atoms with Gasteiger partial charge in [0.05, 0.1) is 0 Å². The molecule has 0 aliphatic heterocycles. The van der Waals surface area contributed by atoms with Crippen LogP contribution in [0.25, 0.3) is 0 Å². The van der Waals surface area contributed by atoms with E-state index in [0.29, 0.717) is 0 Å². The molecule has 3 rings (SSSR count). The van der Waals surface area contributed by atoms with Crippen LogP contribution in [0.15, 0.2) is 34.1 Å². The maximum atomic E-state index is 6.62. The summed E-state index contributed by atoms with van der Waals surface area (Å²) in [4.78, 5) is 1.33. The van der Waals surface area contributed by atoms with E-state index in [1.165, 1.54) is 51.7 Å². The summed E-state index contributed by atoms with van der Waals surface area (Å²) in [7, 11) is 0. The predicted octanol–water partition coefficient (Wildman–Crippen LogP) is 4.81. The number of nitrogens with two attached hydrogens (primary N) is 1. The maximum Gasteiger partial charge on any atom is 0.0430 e. The van der Waals surface area contributed by atoms with Crippen molar-refractivity contribution in [1.82, 2.24) is 0 Å². The van der Waals surface area contributed by atoms with Crippen molar-refractivity contribution in [3.05, 3.63) is 55.7 Å². The van der Waals surface area contributed by atoms with Crippen molar-refractivity contribution < 1.29 is 0 Å². The lowest BCUT2D eigenvalue weighted by molar-refractivity contribution is 0.493. The summed E-state index contributed by atoms with van der Waals surface area (Å²) in [5, 5.41) is 2.11. The zero-order valence-electron chi connectivity index (χ0n) is 11.8. The first-order valence-corrected chi connectivity index (χ1v) is 8.86. The number of aryl methyl sites for hydroxylation is 2. The first-order valence-electron chi connectivity index (χ1n) is 7.19. The molecular weight excluding hydrogens is 330 g/mol. The molecule has 2 N–H and O–H groups in total. The van der Waals surface area contributed by atoms with Gasteiger partial charge in [-0.3, -0.25) is 0 Å². The largest absolute Gasteiger partial charge is 0.321 e. The molecule has 1 aromatic carbocycles. The first-order chi connectivity index (χ1) is 9.56. The van der Waals surface area contributed by atoms with E-state index in [1.54, 1.807) is 11.3 Å². The van der Waals surface area contributed by atoms with Gasteiger partial charge in [-0.25, -0.2) is 0 Å². The lowest BCUT2D eigenvalue weighted by atomic mass is 9.83. The molecule has 0 saturated heterocycles. The van der Waals surface area contributed by atoms with E-state index in [4.69, 9.17) is 5.73 Å². The smallest absolute Gasteiger partial charge is 0.0430 e. The Morgan fingerprint density at radius 2 is 1.95 bits per heavy atom. The molecule has 2 aromatic rings. The van der Waals surface area contributed by atoms with Crippen molar-refractivity contribution in [2.24, 2.45) is 5.73 Å². The predicted molar refractivity (Wildman–Crippen MR) is 90.3 cm³/mol. The number of thiophene rings is 1. The molecule has 1 nitrogen and oxygen atoms in total. The van der Waals surface area contributed by atoms with E-state index in [1.807, 2.05) is 0 Å². The van der Waals surface area contributed by atoms with Crippen molar-refractivity contribution in [2.45, 2.75) is 44.6 Å². The minimum atomic E-state index is -0.306. The molecule has 1 atom stereocenters. The van der Waals surface area contributed by atoms with Gasteiger partial charge in [0, 0.05) is 21.3 Å². The van der Waals surface area contributed by atoms with Crippen LogP contribution in [-0.2, 0) is 24.8 Å². The average molecular weight is 350 g/mol. The van der Waals surface area contributed by atoms with Crippen molar-refractivity contribution in [3.8, 4) is 0 Å². The van der Waals surface area contributed by atoms with Gasteiger partial charge in [-0.05, 0) is 76.7 Å². The molecule has 106 valence electrons. The van der Waals surface area contributed by atoms with E-state index in [-0.39, 0.29) is 5.54 Å². The van der Waals surface area contributed by atoms with E-state index in [9.17, 15) is 0 Å². The topological polar surface area (TPSA) is 26.0 Å². The number of hydrogen-bond acceptors (Lipinski definition) is 2. The second-order valence-electron chi connectivity index (χ2n) is 5.98. The van der Waals surface area contributed by atoms with Crippen LogP contribution in [0.2, 0.25) is 0 Å². The van der Waals surface area contributed by atoms with Crippen molar-refractivity contribution in [2.75, 3.05) is 0 Å². The van der Waals surface area contributed by atoms with Gasteiger partial charge in [0.15, 0.2) is 0 Å². The van der Waals surface area contributed by atoms with Crippen LogP contribution < -0.4 is 5.73 Å². The van der Waals surface area contributed by atoms with Gasteiger partial charge in [-0.15, -0.1) is 11.3 Å². The monoisotopic (exact) mass is 349 g/mol. The molecule has 0 saturated carbocycles. The Bertz CT molecular complexity index is 615. The molecule has 0 bridgehead atoms. The van der Waals surface area contributed by atoms with Crippen LogP contribution in [0.3, 0.4) is 0 Å². The van der Waals surface area contributed by atoms with Crippen LogP contribution in [0.1, 0.15) is 41.3 Å². The Morgan fingerprint density at radius 1 is 1.20 bits per heavy atom. The fourth-order valence-electron chi connectivity index (χ4n) is 2.98. The lowest BCUT2D eigenvalue weighted by Crippen LogP contribution is -2.35. The van der Waals surface area contributed by atoms with E-state index >= 15 is 0 Å². The minimum Gasteiger partial charge on any atom is -0.321 e. The molecule has 1 aromatic heterocycles. The molecule has 0 spiro atoms.